The highest BCUT2D eigenvalue weighted by Gasteiger charge is 2.35. The highest BCUT2D eigenvalue weighted by molar-refractivity contribution is 6.52. The van der Waals surface area contributed by atoms with Crippen molar-refractivity contribution in [2.75, 3.05) is 26.2 Å². The Hall–Kier alpha value is 0.452. The minimum absolute atomic E-state index is 0.651. The summed E-state index contributed by atoms with van der Waals surface area (Å²) in [4.78, 5) is 0. The molecule has 0 unspecified atom stereocenters. The maximum atomic E-state index is 2.82. The molecule has 0 atom stereocenters. The van der Waals surface area contributed by atoms with Crippen LogP contribution >= 0.6 is 0 Å². The zero-order valence-electron chi connectivity index (χ0n) is 8.84. The monoisotopic (exact) mass is 196 g/mol. The van der Waals surface area contributed by atoms with Crippen molar-refractivity contribution in [2.45, 2.75) is 37.9 Å². The molecule has 0 spiro atoms. The van der Waals surface area contributed by atoms with E-state index in [9.17, 15) is 0 Å². The Balaban J connectivity index is 1.90. The molecule has 74 valence electrons. The van der Waals surface area contributed by atoms with Gasteiger partial charge in [-0.2, -0.15) is 0 Å². The first kappa shape index (κ1) is 9.99. The van der Waals surface area contributed by atoms with E-state index in [1.165, 1.54) is 57.1 Å². The van der Waals surface area contributed by atoms with Crippen LogP contribution in [0.5, 0.6) is 0 Å². The van der Waals surface area contributed by atoms with E-state index in [0.29, 0.717) is 0 Å². The van der Waals surface area contributed by atoms with Crippen molar-refractivity contribution in [3.8, 4) is 0 Å². The molecule has 0 aliphatic carbocycles. The van der Waals surface area contributed by atoms with Crippen molar-refractivity contribution >= 4 is 14.6 Å². The molecule has 0 aromatic rings. The summed E-state index contributed by atoms with van der Waals surface area (Å²) in [6, 6.07) is 0. The Morgan fingerprint density at radius 1 is 0.846 bits per heavy atom. The first-order chi connectivity index (χ1) is 6.42. The SMILES string of the molecule is C[CH2][Al]([N]1CCCC1)[N]1CCCC1. The molecule has 2 heterocycles. The molecule has 0 aromatic heterocycles. The molecule has 2 rings (SSSR count). The summed E-state index contributed by atoms with van der Waals surface area (Å²) < 4.78 is 5.65. The van der Waals surface area contributed by atoms with Crippen LogP contribution in [0.4, 0.5) is 0 Å². The van der Waals surface area contributed by atoms with Crippen molar-refractivity contribution in [1.82, 2.24) is 7.77 Å². The van der Waals surface area contributed by atoms with Gasteiger partial charge in [0.1, 0.15) is 0 Å². The van der Waals surface area contributed by atoms with Gasteiger partial charge in [-0.15, -0.1) is 0 Å². The summed E-state index contributed by atoms with van der Waals surface area (Å²) in [7, 11) is 0. The summed E-state index contributed by atoms with van der Waals surface area (Å²) >= 11 is -0.651. The normalized spacial score (nSPS) is 25.6. The largest absolute Gasteiger partial charge is 0.488 e. The van der Waals surface area contributed by atoms with E-state index in [0.717, 1.165) is 0 Å². The minimum Gasteiger partial charge on any atom is -0.371 e. The van der Waals surface area contributed by atoms with E-state index in [4.69, 9.17) is 0 Å². The molecule has 2 aliphatic heterocycles. The lowest BCUT2D eigenvalue weighted by Gasteiger charge is -2.29. The second-order valence-electron chi connectivity index (χ2n) is 4.38. The molecule has 0 aromatic carbocycles. The van der Waals surface area contributed by atoms with Crippen molar-refractivity contribution in [1.29, 1.82) is 0 Å². The zero-order chi connectivity index (χ0) is 9.10. The van der Waals surface area contributed by atoms with Gasteiger partial charge in [-0.3, -0.25) is 0 Å². The lowest BCUT2D eigenvalue weighted by molar-refractivity contribution is 0.424. The van der Waals surface area contributed by atoms with Crippen LogP contribution in [0, 0.1) is 0 Å². The molecular weight excluding hydrogens is 175 g/mol. The fourth-order valence-electron chi connectivity index (χ4n) is 2.83. The fourth-order valence-corrected chi connectivity index (χ4v) is 6.24. The lowest BCUT2D eigenvalue weighted by Crippen LogP contribution is -2.49. The van der Waals surface area contributed by atoms with Gasteiger partial charge >= 0.3 is 14.6 Å². The van der Waals surface area contributed by atoms with Crippen LogP contribution in [-0.4, -0.2) is 48.5 Å². The van der Waals surface area contributed by atoms with Crippen LogP contribution in [0.1, 0.15) is 32.6 Å². The van der Waals surface area contributed by atoms with Gasteiger partial charge in [-0.25, -0.2) is 0 Å². The molecule has 2 nitrogen and oxygen atoms in total. The van der Waals surface area contributed by atoms with Gasteiger partial charge in [0.25, 0.3) is 0 Å². The smallest absolute Gasteiger partial charge is 0.371 e. The Labute approximate surface area is 86.7 Å². The molecule has 0 bridgehead atoms. The van der Waals surface area contributed by atoms with Crippen LogP contribution in [0.15, 0.2) is 0 Å². The highest BCUT2D eigenvalue weighted by Crippen LogP contribution is 2.18. The predicted octanol–water partition coefficient (Wildman–Crippen LogP) is 1.69. The second kappa shape index (κ2) is 4.80. The van der Waals surface area contributed by atoms with Gasteiger partial charge in [-0.1, -0.05) is 12.2 Å². The standard InChI is InChI=1S/2C4H8N.C2H5.Al/c2*1-2-4-5-3-1;1-2;/h2*1-4H2;1H2,2H3;/q2*-1;;+2. The lowest BCUT2D eigenvalue weighted by atomic mass is 10.4. The molecule has 0 N–H and O–H groups in total. The number of rotatable bonds is 3. The molecule has 2 aliphatic rings. The first-order valence-corrected chi connectivity index (χ1v) is 7.75. The Kier molecular flexibility index (Phi) is 3.68. The summed E-state index contributed by atoms with van der Waals surface area (Å²) in [6.45, 7) is 8.01. The highest BCUT2D eigenvalue weighted by atomic mass is 27.2. The van der Waals surface area contributed by atoms with Crippen LogP contribution in [0.3, 0.4) is 0 Å². The third kappa shape index (κ3) is 2.28. The Bertz CT molecular complexity index is 135. The molecule has 2 fully saturated rings. The maximum absolute atomic E-state index is 2.82. The van der Waals surface area contributed by atoms with Crippen molar-refractivity contribution in [3.63, 3.8) is 0 Å². The minimum atomic E-state index is -0.651. The molecule has 2 saturated heterocycles. The van der Waals surface area contributed by atoms with Gasteiger partial charge in [0.15, 0.2) is 0 Å². The van der Waals surface area contributed by atoms with E-state index >= 15 is 0 Å². The van der Waals surface area contributed by atoms with Crippen LogP contribution in [-0.2, 0) is 0 Å². The van der Waals surface area contributed by atoms with Gasteiger partial charge in [0.05, 0.1) is 0 Å². The van der Waals surface area contributed by atoms with Gasteiger partial charge in [0.2, 0.25) is 0 Å². The molecule has 13 heavy (non-hydrogen) atoms. The second-order valence-corrected chi connectivity index (χ2v) is 7.61. The van der Waals surface area contributed by atoms with E-state index in [1.807, 2.05) is 0 Å². The van der Waals surface area contributed by atoms with E-state index in [2.05, 4.69) is 14.7 Å². The fraction of sp³-hybridized carbons (Fsp3) is 1.00. The summed E-state index contributed by atoms with van der Waals surface area (Å²) in [5.41, 5.74) is 0. The topological polar surface area (TPSA) is 6.48 Å². The number of hydrogen-bond acceptors (Lipinski definition) is 2. The van der Waals surface area contributed by atoms with Crippen LogP contribution in [0.25, 0.3) is 0 Å². The molecular formula is C10H21AlN2. The average Bonchev–Trinajstić information content (AvgIpc) is 2.76. The molecule has 0 radical (unpaired) electrons. The molecule has 0 amide bonds. The maximum Gasteiger partial charge on any atom is 0.488 e. The van der Waals surface area contributed by atoms with Gasteiger partial charge in [0, 0.05) is 0 Å². The molecule has 0 saturated carbocycles. The Morgan fingerprint density at radius 2 is 1.23 bits per heavy atom. The third-order valence-electron chi connectivity index (χ3n) is 3.49. The van der Waals surface area contributed by atoms with E-state index in [-0.39, 0.29) is 0 Å². The predicted molar refractivity (Wildman–Crippen MR) is 57.8 cm³/mol. The third-order valence-corrected chi connectivity index (χ3v) is 6.94. The quantitative estimate of drug-likeness (QED) is 0.634. The van der Waals surface area contributed by atoms with Crippen LogP contribution < -0.4 is 0 Å². The Morgan fingerprint density at radius 3 is 1.54 bits per heavy atom. The first-order valence-electron chi connectivity index (χ1n) is 5.90. The van der Waals surface area contributed by atoms with Crippen molar-refractivity contribution in [3.05, 3.63) is 0 Å². The number of nitrogens with zero attached hydrogens (tertiary/aromatic N) is 2. The van der Waals surface area contributed by atoms with Crippen LogP contribution in [0.2, 0.25) is 5.28 Å². The van der Waals surface area contributed by atoms with Crippen molar-refractivity contribution < 1.29 is 0 Å². The summed E-state index contributed by atoms with van der Waals surface area (Å²) in [5.74, 6) is 0. The summed E-state index contributed by atoms with van der Waals surface area (Å²) in [6.07, 6.45) is 5.82. The van der Waals surface area contributed by atoms with Gasteiger partial charge in [-0.05, 0) is 51.9 Å². The van der Waals surface area contributed by atoms with Gasteiger partial charge < -0.3 is 7.77 Å². The average molecular weight is 196 g/mol. The summed E-state index contributed by atoms with van der Waals surface area (Å²) in [5, 5.41) is 1.44. The van der Waals surface area contributed by atoms with Crippen molar-refractivity contribution in [2.24, 2.45) is 0 Å². The number of hydrogen-bond donors (Lipinski definition) is 0. The van der Waals surface area contributed by atoms with E-state index < -0.39 is 14.6 Å². The molecule has 3 heteroatoms. The zero-order valence-corrected chi connectivity index (χ0v) is 9.99. The van der Waals surface area contributed by atoms with E-state index in [1.54, 1.807) is 0 Å².